The molecule has 0 unspecified atom stereocenters. The summed E-state index contributed by atoms with van der Waals surface area (Å²) in [6.45, 7) is 8.60. The van der Waals surface area contributed by atoms with Crippen LogP contribution >= 0.6 is 0 Å². The van der Waals surface area contributed by atoms with Crippen molar-refractivity contribution in [3.8, 4) is 0 Å². The van der Waals surface area contributed by atoms with E-state index in [0.717, 1.165) is 36.5 Å². The van der Waals surface area contributed by atoms with Gasteiger partial charge in [-0.2, -0.15) is 0 Å². The molecule has 2 saturated heterocycles. The number of amides is 4. The van der Waals surface area contributed by atoms with E-state index in [1.807, 2.05) is 6.07 Å². The number of nitrogens with zero attached hydrogens (tertiary/aromatic N) is 2. The molecule has 8 nitrogen and oxygen atoms in total. The first kappa shape index (κ1) is 20.5. The summed E-state index contributed by atoms with van der Waals surface area (Å²) >= 11 is 0. The van der Waals surface area contributed by atoms with Crippen LogP contribution in [-0.4, -0.2) is 64.1 Å². The van der Waals surface area contributed by atoms with E-state index >= 15 is 0 Å². The number of nitrogens with one attached hydrogen (secondary N) is 2. The Hall–Kier alpha value is -2.74. The van der Waals surface area contributed by atoms with Gasteiger partial charge in [0, 0.05) is 30.2 Å². The molecule has 160 valence electrons. The minimum absolute atomic E-state index is 0.100. The van der Waals surface area contributed by atoms with Gasteiger partial charge >= 0.3 is 0 Å². The second-order valence-electron chi connectivity index (χ2n) is 9.31. The lowest BCUT2D eigenvalue weighted by Crippen LogP contribution is -2.54. The third kappa shape index (κ3) is 3.71. The molecule has 4 rings (SSSR count). The second kappa shape index (κ2) is 7.50. The van der Waals surface area contributed by atoms with Crippen molar-refractivity contribution in [1.29, 1.82) is 0 Å². The fraction of sp³-hybridized carbons (Fsp3) is 0.545. The van der Waals surface area contributed by atoms with Crippen molar-refractivity contribution < 1.29 is 19.2 Å². The molecule has 1 aromatic carbocycles. The molecule has 3 aliphatic heterocycles. The molecule has 0 saturated carbocycles. The molecule has 0 aliphatic carbocycles. The van der Waals surface area contributed by atoms with Crippen molar-refractivity contribution >= 4 is 29.3 Å². The maximum absolute atomic E-state index is 13.0. The first-order valence-electron chi connectivity index (χ1n) is 10.5. The molecular formula is C22H28N4O4. The molecule has 1 aromatic rings. The van der Waals surface area contributed by atoms with Crippen molar-refractivity contribution in [2.24, 2.45) is 0 Å². The lowest BCUT2D eigenvalue weighted by Gasteiger charge is -2.42. The number of likely N-dealkylation sites (tertiary alicyclic amines) is 1. The number of anilines is 1. The Morgan fingerprint density at radius 3 is 2.47 bits per heavy atom. The van der Waals surface area contributed by atoms with E-state index in [0.29, 0.717) is 11.1 Å². The number of fused-ring (bicyclic) bond motifs is 1. The number of carbonyl (C=O) groups excluding carboxylic acids is 4. The van der Waals surface area contributed by atoms with Gasteiger partial charge in [-0.05, 0) is 64.8 Å². The topological polar surface area (TPSA) is 98.8 Å². The summed E-state index contributed by atoms with van der Waals surface area (Å²) < 4.78 is 0. The van der Waals surface area contributed by atoms with Crippen LogP contribution in [0, 0.1) is 0 Å². The summed E-state index contributed by atoms with van der Waals surface area (Å²) in [5.74, 6) is -1.93. The van der Waals surface area contributed by atoms with Gasteiger partial charge in [0.15, 0.2) is 0 Å². The Balaban J connectivity index is 1.51. The SMILES string of the molecule is CC(C)(C)N1CCC[C@H](Nc2ccc3c(c2)C(=O)N([C@H]2CCC(=O)NC2=O)C3=O)C1. The van der Waals surface area contributed by atoms with E-state index in [4.69, 9.17) is 0 Å². The van der Waals surface area contributed by atoms with Crippen LogP contribution in [0.1, 0.15) is 67.2 Å². The average Bonchev–Trinajstić information content (AvgIpc) is 2.92. The monoisotopic (exact) mass is 412 g/mol. The van der Waals surface area contributed by atoms with Gasteiger partial charge in [-0.1, -0.05) is 0 Å². The Morgan fingerprint density at radius 2 is 1.77 bits per heavy atom. The fourth-order valence-corrected chi connectivity index (χ4v) is 4.50. The summed E-state index contributed by atoms with van der Waals surface area (Å²) in [7, 11) is 0. The lowest BCUT2D eigenvalue weighted by molar-refractivity contribution is -0.136. The van der Waals surface area contributed by atoms with Crippen molar-refractivity contribution in [3.63, 3.8) is 0 Å². The van der Waals surface area contributed by atoms with Crippen LogP contribution in [0.4, 0.5) is 5.69 Å². The van der Waals surface area contributed by atoms with E-state index in [-0.39, 0.29) is 30.3 Å². The lowest BCUT2D eigenvalue weighted by atomic mass is 9.98. The van der Waals surface area contributed by atoms with Crippen molar-refractivity contribution in [3.05, 3.63) is 29.3 Å². The van der Waals surface area contributed by atoms with Gasteiger partial charge in [0.1, 0.15) is 6.04 Å². The molecule has 0 spiro atoms. The van der Waals surface area contributed by atoms with Crippen molar-refractivity contribution in [2.75, 3.05) is 18.4 Å². The number of imide groups is 2. The summed E-state index contributed by atoms with van der Waals surface area (Å²) in [5, 5.41) is 5.72. The number of piperidine rings is 2. The largest absolute Gasteiger partial charge is 0.381 e. The molecule has 8 heteroatoms. The third-order valence-electron chi connectivity index (χ3n) is 6.18. The van der Waals surface area contributed by atoms with Gasteiger partial charge in [0.2, 0.25) is 11.8 Å². The molecule has 4 amide bonds. The first-order valence-corrected chi connectivity index (χ1v) is 10.5. The number of benzene rings is 1. The van der Waals surface area contributed by atoms with Gasteiger partial charge < -0.3 is 5.32 Å². The molecule has 0 aromatic heterocycles. The highest BCUT2D eigenvalue weighted by Gasteiger charge is 2.44. The van der Waals surface area contributed by atoms with Crippen LogP contribution in [0.5, 0.6) is 0 Å². The predicted octanol–water partition coefficient (Wildman–Crippen LogP) is 1.76. The zero-order valence-corrected chi connectivity index (χ0v) is 17.7. The molecule has 30 heavy (non-hydrogen) atoms. The minimum atomic E-state index is -0.940. The number of rotatable bonds is 3. The van der Waals surface area contributed by atoms with Gasteiger partial charge in [0.05, 0.1) is 11.1 Å². The van der Waals surface area contributed by atoms with E-state index < -0.39 is 23.8 Å². The van der Waals surface area contributed by atoms with Gasteiger partial charge in [-0.3, -0.25) is 34.3 Å². The van der Waals surface area contributed by atoms with E-state index in [2.05, 4.69) is 36.3 Å². The highest BCUT2D eigenvalue weighted by atomic mass is 16.2. The molecule has 0 bridgehead atoms. The van der Waals surface area contributed by atoms with Gasteiger partial charge in [-0.15, -0.1) is 0 Å². The zero-order chi connectivity index (χ0) is 21.6. The summed E-state index contributed by atoms with van der Waals surface area (Å²) in [6.07, 6.45) is 2.41. The number of hydrogen-bond donors (Lipinski definition) is 2. The molecule has 3 heterocycles. The molecule has 3 aliphatic rings. The van der Waals surface area contributed by atoms with Crippen LogP contribution in [0.15, 0.2) is 18.2 Å². The van der Waals surface area contributed by atoms with Crippen LogP contribution in [0.25, 0.3) is 0 Å². The van der Waals surface area contributed by atoms with Crippen LogP contribution < -0.4 is 10.6 Å². The molecule has 2 N–H and O–H groups in total. The summed E-state index contributed by atoms with van der Waals surface area (Å²) in [5.41, 5.74) is 1.50. The van der Waals surface area contributed by atoms with Crippen molar-refractivity contribution in [1.82, 2.24) is 15.1 Å². The molecule has 0 radical (unpaired) electrons. The second-order valence-corrected chi connectivity index (χ2v) is 9.31. The van der Waals surface area contributed by atoms with Crippen LogP contribution in [-0.2, 0) is 9.59 Å². The quantitative estimate of drug-likeness (QED) is 0.734. The average molecular weight is 412 g/mol. The normalized spacial score (nSPS) is 25.4. The standard InChI is InChI=1S/C22H28N4O4/c1-22(2,3)25-10-4-5-14(12-25)23-13-6-7-15-16(11-13)21(30)26(20(15)29)17-8-9-18(27)24-19(17)28/h6-7,11,14,17,23H,4-5,8-10,12H2,1-3H3,(H,24,27,28)/t14-,17-/m0/s1. The third-order valence-corrected chi connectivity index (χ3v) is 6.18. The Kier molecular flexibility index (Phi) is 5.13. The maximum atomic E-state index is 13.0. The first-order chi connectivity index (χ1) is 14.1. The predicted molar refractivity (Wildman–Crippen MR) is 111 cm³/mol. The molecule has 2 fully saturated rings. The van der Waals surface area contributed by atoms with Crippen molar-refractivity contribution in [2.45, 2.75) is 64.1 Å². The maximum Gasteiger partial charge on any atom is 0.262 e. The number of hydrogen-bond acceptors (Lipinski definition) is 6. The highest BCUT2D eigenvalue weighted by Crippen LogP contribution is 2.30. The fourth-order valence-electron chi connectivity index (χ4n) is 4.50. The van der Waals surface area contributed by atoms with Crippen LogP contribution in [0.2, 0.25) is 0 Å². The highest BCUT2D eigenvalue weighted by molar-refractivity contribution is 6.23. The van der Waals surface area contributed by atoms with E-state index in [1.54, 1.807) is 12.1 Å². The summed E-state index contributed by atoms with van der Waals surface area (Å²) in [6, 6.07) is 4.49. The van der Waals surface area contributed by atoms with E-state index in [1.165, 1.54) is 0 Å². The smallest absolute Gasteiger partial charge is 0.262 e. The Bertz CT molecular complexity index is 920. The van der Waals surface area contributed by atoms with E-state index in [9.17, 15) is 19.2 Å². The Labute approximate surface area is 176 Å². The zero-order valence-electron chi connectivity index (χ0n) is 17.7. The van der Waals surface area contributed by atoms with Crippen LogP contribution in [0.3, 0.4) is 0 Å². The van der Waals surface area contributed by atoms with Gasteiger partial charge in [0.25, 0.3) is 11.8 Å². The van der Waals surface area contributed by atoms with Gasteiger partial charge in [-0.25, -0.2) is 0 Å². The summed E-state index contributed by atoms with van der Waals surface area (Å²) in [4.78, 5) is 52.8. The minimum Gasteiger partial charge on any atom is -0.381 e. The molecule has 2 atom stereocenters. The Morgan fingerprint density at radius 1 is 1.03 bits per heavy atom. The molecular weight excluding hydrogens is 384 g/mol. The number of carbonyl (C=O) groups is 4.